The lowest BCUT2D eigenvalue weighted by atomic mass is 10.1. The molecule has 0 aliphatic heterocycles. The first-order valence-electron chi connectivity index (χ1n) is 5.49. The molecule has 0 amide bonds. The second-order valence-electron chi connectivity index (χ2n) is 3.88. The smallest absolute Gasteiger partial charge is 0.250 e. The molecule has 0 aliphatic carbocycles. The van der Waals surface area contributed by atoms with Gasteiger partial charge in [0.2, 0.25) is 5.89 Å². The fraction of sp³-hybridized carbons (Fsp3) is 0.333. The molecule has 0 atom stereocenters. The molecule has 0 saturated heterocycles. The van der Waals surface area contributed by atoms with Gasteiger partial charge < -0.3 is 10.2 Å². The molecule has 1 aromatic carbocycles. The van der Waals surface area contributed by atoms with Gasteiger partial charge in [-0.3, -0.25) is 0 Å². The van der Waals surface area contributed by atoms with Crippen molar-refractivity contribution in [2.24, 2.45) is 5.73 Å². The minimum absolute atomic E-state index is 0.221. The number of benzene rings is 1. The van der Waals surface area contributed by atoms with Gasteiger partial charge in [0.05, 0.1) is 5.56 Å². The van der Waals surface area contributed by atoms with E-state index in [4.69, 9.17) is 10.2 Å². The molecule has 2 aromatic rings. The van der Waals surface area contributed by atoms with Gasteiger partial charge in [0.15, 0.2) is 0 Å². The van der Waals surface area contributed by atoms with E-state index in [1.165, 1.54) is 6.07 Å². The summed E-state index contributed by atoms with van der Waals surface area (Å²) in [6, 6.07) is 4.79. The Labute approximate surface area is 98.7 Å². The van der Waals surface area contributed by atoms with Crippen molar-refractivity contribution in [2.75, 3.05) is 6.54 Å². The van der Waals surface area contributed by atoms with Gasteiger partial charge in [0.1, 0.15) is 5.82 Å². The van der Waals surface area contributed by atoms with Gasteiger partial charge in [-0.05, 0) is 32.0 Å². The monoisotopic (exact) mass is 235 g/mol. The fourth-order valence-electron chi connectivity index (χ4n) is 1.52. The number of halogens is 1. The van der Waals surface area contributed by atoms with E-state index in [1.807, 2.05) is 6.92 Å². The summed E-state index contributed by atoms with van der Waals surface area (Å²) in [6.45, 7) is 2.45. The zero-order chi connectivity index (χ0) is 12.3. The van der Waals surface area contributed by atoms with Crippen LogP contribution in [-0.4, -0.2) is 16.7 Å². The Morgan fingerprint density at radius 1 is 1.35 bits per heavy atom. The van der Waals surface area contributed by atoms with Crippen LogP contribution in [-0.2, 0) is 6.42 Å². The van der Waals surface area contributed by atoms with Gasteiger partial charge in [-0.25, -0.2) is 4.39 Å². The zero-order valence-electron chi connectivity index (χ0n) is 9.61. The summed E-state index contributed by atoms with van der Waals surface area (Å²) in [7, 11) is 0. The van der Waals surface area contributed by atoms with Crippen LogP contribution in [0.3, 0.4) is 0 Å². The molecule has 2 N–H and O–H groups in total. The Morgan fingerprint density at radius 3 is 2.94 bits per heavy atom. The summed E-state index contributed by atoms with van der Waals surface area (Å²) in [5.74, 6) is 0.356. The standard InChI is InChI=1S/C12H14FN3O/c1-8-4-5-10(13)9(7-8)12-16-15-11(17-12)3-2-6-14/h4-5,7H,2-3,6,14H2,1H3. The summed E-state index contributed by atoms with van der Waals surface area (Å²) in [5, 5.41) is 7.71. The van der Waals surface area contributed by atoms with Crippen molar-refractivity contribution in [3.05, 3.63) is 35.5 Å². The van der Waals surface area contributed by atoms with Crippen molar-refractivity contribution in [2.45, 2.75) is 19.8 Å². The van der Waals surface area contributed by atoms with Gasteiger partial charge in [-0.15, -0.1) is 10.2 Å². The molecular formula is C12H14FN3O. The van der Waals surface area contributed by atoms with E-state index in [2.05, 4.69) is 10.2 Å². The average Bonchev–Trinajstić information content (AvgIpc) is 2.78. The fourth-order valence-corrected chi connectivity index (χ4v) is 1.52. The lowest BCUT2D eigenvalue weighted by Gasteiger charge is -1.98. The minimum atomic E-state index is -0.357. The van der Waals surface area contributed by atoms with Crippen LogP contribution >= 0.6 is 0 Å². The first-order chi connectivity index (χ1) is 8.20. The van der Waals surface area contributed by atoms with Crippen molar-refractivity contribution in [3.63, 3.8) is 0 Å². The van der Waals surface area contributed by atoms with E-state index in [0.29, 0.717) is 24.4 Å². The number of hydrogen-bond donors (Lipinski definition) is 1. The quantitative estimate of drug-likeness (QED) is 0.881. The zero-order valence-corrected chi connectivity index (χ0v) is 9.61. The third kappa shape index (κ3) is 2.68. The Bertz CT molecular complexity index is 510. The van der Waals surface area contributed by atoms with Crippen LogP contribution in [0.15, 0.2) is 22.6 Å². The molecule has 1 aromatic heterocycles. The van der Waals surface area contributed by atoms with Crippen LogP contribution in [0.5, 0.6) is 0 Å². The lowest BCUT2D eigenvalue weighted by Crippen LogP contribution is -2.00. The molecule has 0 saturated carbocycles. The Kier molecular flexibility index (Phi) is 3.49. The molecule has 0 unspecified atom stereocenters. The second-order valence-corrected chi connectivity index (χ2v) is 3.88. The molecule has 0 aliphatic rings. The van der Waals surface area contributed by atoms with Crippen molar-refractivity contribution in [1.82, 2.24) is 10.2 Å². The topological polar surface area (TPSA) is 64.9 Å². The molecule has 0 fully saturated rings. The third-order valence-electron chi connectivity index (χ3n) is 2.41. The van der Waals surface area contributed by atoms with E-state index in [0.717, 1.165) is 12.0 Å². The first-order valence-corrected chi connectivity index (χ1v) is 5.49. The van der Waals surface area contributed by atoms with Crippen molar-refractivity contribution in [1.29, 1.82) is 0 Å². The van der Waals surface area contributed by atoms with Crippen LogP contribution in [0, 0.1) is 12.7 Å². The molecule has 2 rings (SSSR count). The lowest BCUT2D eigenvalue weighted by molar-refractivity contribution is 0.495. The predicted octanol–water partition coefficient (Wildman–Crippen LogP) is 2.08. The summed E-state index contributed by atoms with van der Waals surface area (Å²) < 4.78 is 19.0. The molecular weight excluding hydrogens is 221 g/mol. The Balaban J connectivity index is 2.27. The van der Waals surface area contributed by atoms with Crippen molar-refractivity contribution in [3.8, 4) is 11.5 Å². The molecule has 5 heteroatoms. The molecule has 0 bridgehead atoms. The molecule has 17 heavy (non-hydrogen) atoms. The number of hydrogen-bond acceptors (Lipinski definition) is 4. The van der Waals surface area contributed by atoms with Crippen molar-refractivity contribution < 1.29 is 8.81 Å². The van der Waals surface area contributed by atoms with Crippen LogP contribution < -0.4 is 5.73 Å². The molecule has 4 nitrogen and oxygen atoms in total. The minimum Gasteiger partial charge on any atom is -0.421 e. The van der Waals surface area contributed by atoms with Crippen molar-refractivity contribution >= 4 is 0 Å². The highest BCUT2D eigenvalue weighted by Gasteiger charge is 2.12. The van der Waals surface area contributed by atoms with Gasteiger partial charge in [-0.1, -0.05) is 11.6 Å². The predicted molar refractivity (Wildman–Crippen MR) is 61.8 cm³/mol. The van der Waals surface area contributed by atoms with Gasteiger partial charge in [0, 0.05) is 6.42 Å². The van der Waals surface area contributed by atoms with Crippen LogP contribution in [0.25, 0.3) is 11.5 Å². The van der Waals surface area contributed by atoms with E-state index < -0.39 is 0 Å². The molecule has 90 valence electrons. The average molecular weight is 235 g/mol. The van der Waals surface area contributed by atoms with Gasteiger partial charge >= 0.3 is 0 Å². The molecule has 0 spiro atoms. The molecule has 1 heterocycles. The van der Waals surface area contributed by atoms with Crippen LogP contribution in [0.2, 0.25) is 0 Å². The summed E-state index contributed by atoms with van der Waals surface area (Å²) in [4.78, 5) is 0. The van der Waals surface area contributed by atoms with E-state index in [9.17, 15) is 4.39 Å². The van der Waals surface area contributed by atoms with E-state index in [-0.39, 0.29) is 11.7 Å². The highest BCUT2D eigenvalue weighted by atomic mass is 19.1. The number of aromatic nitrogens is 2. The number of nitrogens with two attached hydrogens (primary N) is 1. The SMILES string of the molecule is Cc1ccc(F)c(-c2nnc(CCCN)o2)c1. The molecule has 0 radical (unpaired) electrons. The highest BCUT2D eigenvalue weighted by Crippen LogP contribution is 2.22. The number of rotatable bonds is 4. The largest absolute Gasteiger partial charge is 0.421 e. The summed E-state index contributed by atoms with van der Waals surface area (Å²) in [6.07, 6.45) is 1.40. The summed E-state index contributed by atoms with van der Waals surface area (Å²) in [5.41, 5.74) is 6.68. The third-order valence-corrected chi connectivity index (χ3v) is 2.41. The second kappa shape index (κ2) is 5.05. The van der Waals surface area contributed by atoms with E-state index in [1.54, 1.807) is 12.1 Å². The van der Waals surface area contributed by atoms with E-state index >= 15 is 0 Å². The normalized spacial score (nSPS) is 10.8. The maximum absolute atomic E-state index is 13.6. The Hall–Kier alpha value is -1.75. The van der Waals surface area contributed by atoms with Crippen LogP contribution in [0.4, 0.5) is 4.39 Å². The maximum atomic E-state index is 13.6. The van der Waals surface area contributed by atoms with Gasteiger partial charge in [0.25, 0.3) is 5.89 Å². The summed E-state index contributed by atoms with van der Waals surface area (Å²) >= 11 is 0. The maximum Gasteiger partial charge on any atom is 0.250 e. The highest BCUT2D eigenvalue weighted by molar-refractivity contribution is 5.54. The van der Waals surface area contributed by atoms with Gasteiger partial charge in [-0.2, -0.15) is 0 Å². The number of nitrogens with zero attached hydrogens (tertiary/aromatic N) is 2. The number of aryl methyl sites for hydroxylation is 2. The Morgan fingerprint density at radius 2 is 2.18 bits per heavy atom. The first kappa shape index (κ1) is 11.7. The van der Waals surface area contributed by atoms with Crippen LogP contribution in [0.1, 0.15) is 17.9 Å².